The number of hydrogen-bond acceptors (Lipinski definition) is 3. The molecule has 0 aliphatic heterocycles. The molecule has 8 heteroatoms. The van der Waals surface area contributed by atoms with Crippen LogP contribution in [0, 0.1) is 11.6 Å². The predicted molar refractivity (Wildman–Crippen MR) is 86.8 cm³/mol. The Morgan fingerprint density at radius 1 is 1.04 bits per heavy atom. The van der Waals surface area contributed by atoms with E-state index in [1.54, 1.807) is 24.3 Å². The Kier molecular flexibility index (Phi) is 5.50. The molecule has 0 radical (unpaired) electrons. The maximum Gasteiger partial charge on any atom is 0.241 e. The first-order valence-corrected chi connectivity index (χ1v) is 8.86. The normalized spacial score (nSPS) is 11.1. The molecule has 5 nitrogen and oxygen atoms in total. The number of anilines is 1. The first-order valence-electron chi connectivity index (χ1n) is 7.01. The number of hydrogen-bond donors (Lipinski definition) is 1. The summed E-state index contributed by atoms with van der Waals surface area (Å²) < 4.78 is 51.8. The van der Waals surface area contributed by atoms with Crippen molar-refractivity contribution < 1.29 is 22.0 Å². The smallest absolute Gasteiger partial charge is 0.241 e. The van der Waals surface area contributed by atoms with E-state index in [4.69, 9.17) is 0 Å². The van der Waals surface area contributed by atoms with Gasteiger partial charge in [-0.15, -0.1) is 0 Å². The average Bonchev–Trinajstić information content (AvgIpc) is 2.52. The zero-order valence-corrected chi connectivity index (χ0v) is 13.7. The Labute approximate surface area is 139 Å². The van der Waals surface area contributed by atoms with E-state index in [2.05, 4.69) is 5.32 Å². The SMILES string of the molecule is CS(=O)(=O)N(CC(=O)NCc1ccccc1)c1c(F)cccc1F. The molecular formula is C16H16F2N2O3S. The fraction of sp³-hybridized carbons (Fsp3) is 0.188. The number of amides is 1. The highest BCUT2D eigenvalue weighted by atomic mass is 32.2. The minimum absolute atomic E-state index is 0.178. The summed E-state index contributed by atoms with van der Waals surface area (Å²) >= 11 is 0. The van der Waals surface area contributed by atoms with E-state index in [0.29, 0.717) is 4.31 Å². The second-order valence-electron chi connectivity index (χ2n) is 5.10. The van der Waals surface area contributed by atoms with Gasteiger partial charge in [0.15, 0.2) is 11.6 Å². The van der Waals surface area contributed by atoms with Crippen molar-refractivity contribution in [2.24, 2.45) is 0 Å². The second-order valence-corrected chi connectivity index (χ2v) is 7.01. The monoisotopic (exact) mass is 354 g/mol. The third-order valence-electron chi connectivity index (χ3n) is 3.21. The highest BCUT2D eigenvalue weighted by Crippen LogP contribution is 2.25. The Morgan fingerprint density at radius 2 is 1.62 bits per heavy atom. The van der Waals surface area contributed by atoms with Gasteiger partial charge in [0, 0.05) is 6.54 Å². The molecule has 2 aromatic carbocycles. The third kappa shape index (κ3) is 4.51. The van der Waals surface area contributed by atoms with Gasteiger partial charge < -0.3 is 5.32 Å². The molecule has 128 valence electrons. The summed E-state index contributed by atoms with van der Waals surface area (Å²) in [4.78, 5) is 12.0. The van der Waals surface area contributed by atoms with Gasteiger partial charge in [-0.05, 0) is 17.7 Å². The van der Waals surface area contributed by atoms with E-state index < -0.39 is 39.8 Å². The van der Waals surface area contributed by atoms with Crippen molar-refractivity contribution >= 4 is 21.6 Å². The van der Waals surface area contributed by atoms with Crippen molar-refractivity contribution in [2.45, 2.75) is 6.54 Å². The van der Waals surface area contributed by atoms with Gasteiger partial charge in [-0.2, -0.15) is 0 Å². The zero-order chi connectivity index (χ0) is 17.7. The van der Waals surface area contributed by atoms with Crippen molar-refractivity contribution in [3.8, 4) is 0 Å². The van der Waals surface area contributed by atoms with Crippen molar-refractivity contribution in [2.75, 3.05) is 17.1 Å². The number of halogens is 2. The standard InChI is InChI=1S/C16H16F2N2O3S/c1-24(22,23)20(16-13(17)8-5-9-14(16)18)11-15(21)19-10-12-6-3-2-4-7-12/h2-9H,10-11H2,1H3,(H,19,21). The lowest BCUT2D eigenvalue weighted by molar-refractivity contribution is -0.119. The molecular weight excluding hydrogens is 338 g/mol. The number of nitrogens with zero attached hydrogens (tertiary/aromatic N) is 1. The summed E-state index contributed by atoms with van der Waals surface area (Å²) in [6.45, 7) is -0.541. The van der Waals surface area contributed by atoms with Gasteiger partial charge in [0.05, 0.1) is 6.26 Å². The molecule has 0 unspecified atom stereocenters. The molecule has 0 atom stereocenters. The molecule has 2 rings (SSSR count). The summed E-state index contributed by atoms with van der Waals surface area (Å²) in [5.41, 5.74) is 0.0451. The van der Waals surface area contributed by atoms with Crippen LogP contribution in [0.25, 0.3) is 0 Å². The van der Waals surface area contributed by atoms with E-state index in [-0.39, 0.29) is 6.54 Å². The van der Waals surface area contributed by atoms with Crippen LogP contribution in [0.4, 0.5) is 14.5 Å². The summed E-state index contributed by atoms with van der Waals surface area (Å²) in [5, 5.41) is 2.52. The van der Waals surface area contributed by atoms with Gasteiger partial charge in [0.25, 0.3) is 0 Å². The van der Waals surface area contributed by atoms with E-state index in [9.17, 15) is 22.0 Å². The summed E-state index contributed by atoms with van der Waals surface area (Å²) in [5.74, 6) is -2.79. The molecule has 0 heterocycles. The van der Waals surface area contributed by atoms with E-state index in [0.717, 1.165) is 30.0 Å². The predicted octanol–water partition coefficient (Wildman–Crippen LogP) is 2.05. The second kappa shape index (κ2) is 7.39. The fourth-order valence-corrected chi connectivity index (χ4v) is 2.93. The van der Waals surface area contributed by atoms with Crippen LogP contribution in [0.15, 0.2) is 48.5 Å². The Morgan fingerprint density at radius 3 is 2.17 bits per heavy atom. The van der Waals surface area contributed by atoms with Crippen LogP contribution in [0.2, 0.25) is 0 Å². The highest BCUT2D eigenvalue weighted by Gasteiger charge is 2.26. The minimum Gasteiger partial charge on any atom is -0.350 e. The first kappa shape index (κ1) is 17.9. The molecule has 0 fully saturated rings. The number of benzene rings is 2. The zero-order valence-electron chi connectivity index (χ0n) is 12.9. The maximum atomic E-state index is 13.9. The molecule has 0 spiro atoms. The van der Waals surface area contributed by atoms with E-state index >= 15 is 0 Å². The van der Waals surface area contributed by atoms with Crippen LogP contribution < -0.4 is 9.62 Å². The Balaban J connectivity index is 2.17. The number of nitrogens with one attached hydrogen (secondary N) is 1. The number of carbonyl (C=O) groups is 1. The van der Waals surface area contributed by atoms with E-state index in [1.165, 1.54) is 0 Å². The van der Waals surface area contributed by atoms with Gasteiger partial charge >= 0.3 is 0 Å². The topological polar surface area (TPSA) is 66.5 Å². The maximum absolute atomic E-state index is 13.9. The van der Waals surface area contributed by atoms with Gasteiger partial charge in [-0.25, -0.2) is 17.2 Å². The van der Waals surface area contributed by atoms with Gasteiger partial charge in [0.1, 0.15) is 12.2 Å². The van der Waals surface area contributed by atoms with Crippen LogP contribution in [0.1, 0.15) is 5.56 Å². The minimum atomic E-state index is -4.05. The van der Waals surface area contributed by atoms with Crippen LogP contribution >= 0.6 is 0 Å². The average molecular weight is 354 g/mol. The lowest BCUT2D eigenvalue weighted by atomic mass is 10.2. The number of para-hydroxylation sites is 1. The van der Waals surface area contributed by atoms with Crippen molar-refractivity contribution in [3.63, 3.8) is 0 Å². The molecule has 2 aromatic rings. The van der Waals surface area contributed by atoms with Gasteiger partial charge in [-0.3, -0.25) is 9.10 Å². The fourth-order valence-electron chi connectivity index (χ4n) is 2.07. The molecule has 0 aliphatic rings. The van der Waals surface area contributed by atoms with Crippen molar-refractivity contribution in [1.82, 2.24) is 5.32 Å². The van der Waals surface area contributed by atoms with Crippen molar-refractivity contribution in [3.05, 3.63) is 65.7 Å². The molecule has 0 saturated heterocycles. The first-order chi connectivity index (χ1) is 11.3. The molecule has 0 aromatic heterocycles. The van der Waals surface area contributed by atoms with E-state index in [1.807, 2.05) is 6.07 Å². The van der Waals surface area contributed by atoms with Gasteiger partial charge in [0.2, 0.25) is 15.9 Å². The largest absolute Gasteiger partial charge is 0.350 e. The molecule has 0 aliphatic carbocycles. The van der Waals surface area contributed by atoms with Crippen LogP contribution in [-0.4, -0.2) is 27.1 Å². The summed E-state index contributed by atoms with van der Waals surface area (Å²) in [6.07, 6.45) is 0.781. The Bertz CT molecular complexity index is 806. The lowest BCUT2D eigenvalue weighted by Crippen LogP contribution is -2.41. The van der Waals surface area contributed by atoms with Crippen molar-refractivity contribution in [1.29, 1.82) is 0 Å². The molecule has 0 bridgehead atoms. The lowest BCUT2D eigenvalue weighted by Gasteiger charge is -2.22. The van der Waals surface area contributed by atoms with Crippen LogP contribution in [0.3, 0.4) is 0 Å². The molecule has 0 saturated carbocycles. The number of rotatable bonds is 6. The Hall–Kier alpha value is -2.48. The molecule has 1 N–H and O–H groups in total. The quantitative estimate of drug-likeness (QED) is 0.863. The number of sulfonamides is 1. The number of carbonyl (C=O) groups excluding carboxylic acids is 1. The highest BCUT2D eigenvalue weighted by molar-refractivity contribution is 7.92. The van der Waals surface area contributed by atoms with Crippen LogP contribution in [0.5, 0.6) is 0 Å². The third-order valence-corrected chi connectivity index (χ3v) is 4.32. The van der Waals surface area contributed by atoms with Gasteiger partial charge in [-0.1, -0.05) is 36.4 Å². The summed E-state index contributed by atoms with van der Waals surface area (Å²) in [6, 6.07) is 11.9. The molecule has 24 heavy (non-hydrogen) atoms. The molecule has 1 amide bonds. The summed E-state index contributed by atoms with van der Waals surface area (Å²) in [7, 11) is -4.05. The van der Waals surface area contributed by atoms with Crippen LogP contribution in [-0.2, 0) is 21.4 Å².